The van der Waals surface area contributed by atoms with Gasteiger partial charge in [0.25, 0.3) is 0 Å². The highest BCUT2D eigenvalue weighted by molar-refractivity contribution is 5.69. The molecule has 76 valence electrons. The summed E-state index contributed by atoms with van der Waals surface area (Å²) in [5, 5.41) is 0. The first-order valence-electron chi connectivity index (χ1n) is 4.96. The third-order valence-corrected chi connectivity index (χ3v) is 2.48. The topological polar surface area (TPSA) is 26.5 Å². The van der Waals surface area contributed by atoms with Crippen molar-refractivity contribution >= 4 is 11.3 Å². The van der Waals surface area contributed by atoms with Crippen molar-refractivity contribution < 1.29 is 4.74 Å². The van der Waals surface area contributed by atoms with Gasteiger partial charge in [-0.25, -0.2) is 4.85 Å². The van der Waals surface area contributed by atoms with E-state index >= 15 is 0 Å². The van der Waals surface area contributed by atoms with Crippen LogP contribution in [0.15, 0.2) is 18.5 Å². The van der Waals surface area contributed by atoms with Gasteiger partial charge in [0.15, 0.2) is 0 Å². The van der Waals surface area contributed by atoms with Crippen molar-refractivity contribution in [2.24, 2.45) is 0 Å². The van der Waals surface area contributed by atoms with Gasteiger partial charge in [-0.05, 0) is 37.0 Å². The van der Waals surface area contributed by atoms with Crippen LogP contribution in [0.4, 0.5) is 5.69 Å². The van der Waals surface area contributed by atoms with Crippen LogP contribution >= 0.6 is 0 Å². The maximum Gasteiger partial charge on any atom is 0.205 e. The van der Waals surface area contributed by atoms with Crippen molar-refractivity contribution in [3.05, 3.63) is 41.2 Å². The van der Waals surface area contributed by atoms with Gasteiger partial charge in [0.2, 0.25) is 5.69 Å². The average Bonchev–Trinajstić information content (AvgIpc) is 2.31. The Morgan fingerprint density at radius 1 is 1.53 bits per heavy atom. The van der Waals surface area contributed by atoms with Crippen LogP contribution in [0.5, 0.6) is 0 Å². The van der Waals surface area contributed by atoms with Gasteiger partial charge in [0.1, 0.15) is 0 Å². The fraction of sp³-hybridized carbons (Fsp3) is 0.333. The zero-order chi connectivity index (χ0) is 10.7. The zero-order valence-electron chi connectivity index (χ0n) is 8.66. The number of allylic oxidation sites excluding steroid dienone is 1. The second kappa shape index (κ2) is 4.14. The lowest BCUT2D eigenvalue weighted by Crippen LogP contribution is -2.00. The Labute approximate surface area is 89.2 Å². The Balaban J connectivity index is 2.42. The highest BCUT2D eigenvalue weighted by atomic mass is 16.5. The van der Waals surface area contributed by atoms with E-state index in [0.29, 0.717) is 5.69 Å². The molecule has 2 heterocycles. The lowest BCUT2D eigenvalue weighted by Gasteiger charge is -2.15. The van der Waals surface area contributed by atoms with Crippen LogP contribution in [0.2, 0.25) is 0 Å². The fourth-order valence-electron chi connectivity index (χ4n) is 1.67. The number of pyridine rings is 1. The third kappa shape index (κ3) is 1.99. The maximum absolute atomic E-state index is 6.96. The minimum absolute atomic E-state index is 0.585. The quantitative estimate of drug-likeness (QED) is 0.651. The molecule has 1 aromatic heterocycles. The Bertz CT molecular complexity index is 443. The molecule has 1 aliphatic rings. The van der Waals surface area contributed by atoms with Gasteiger partial charge < -0.3 is 4.74 Å². The Morgan fingerprint density at radius 3 is 3.07 bits per heavy atom. The summed E-state index contributed by atoms with van der Waals surface area (Å²) in [6.07, 6.45) is 5.44. The van der Waals surface area contributed by atoms with E-state index in [4.69, 9.17) is 11.3 Å². The lowest BCUT2D eigenvalue weighted by molar-refractivity contribution is 0.235. The van der Waals surface area contributed by atoms with Crippen molar-refractivity contribution in [3.63, 3.8) is 0 Å². The number of nitrogens with zero attached hydrogens (tertiary/aromatic N) is 2. The molecular formula is C12H12N2O. The van der Waals surface area contributed by atoms with Gasteiger partial charge in [0, 0.05) is 11.9 Å². The molecule has 0 unspecified atom stereocenters. The van der Waals surface area contributed by atoms with Gasteiger partial charge >= 0.3 is 0 Å². The molecule has 0 aliphatic carbocycles. The summed E-state index contributed by atoms with van der Waals surface area (Å²) in [7, 11) is 0. The molecule has 0 bridgehead atoms. The Kier molecular flexibility index (Phi) is 2.68. The normalized spacial score (nSPS) is 15.1. The monoisotopic (exact) mass is 200 g/mol. The second-order valence-electron chi connectivity index (χ2n) is 3.56. The second-order valence-corrected chi connectivity index (χ2v) is 3.56. The van der Waals surface area contributed by atoms with Crippen LogP contribution in [0, 0.1) is 13.5 Å². The van der Waals surface area contributed by atoms with E-state index in [9.17, 15) is 0 Å². The molecule has 0 fully saturated rings. The minimum Gasteiger partial charge on any atom is -0.501 e. The summed E-state index contributed by atoms with van der Waals surface area (Å²) in [5.41, 5.74) is 3.74. The van der Waals surface area contributed by atoms with Crippen LogP contribution in [0.25, 0.3) is 10.4 Å². The number of ether oxygens (including phenoxy) is 1. The summed E-state index contributed by atoms with van der Waals surface area (Å²) in [5.74, 6) is 0. The first-order valence-corrected chi connectivity index (χ1v) is 4.96. The van der Waals surface area contributed by atoms with E-state index in [1.807, 2.05) is 13.0 Å². The molecule has 15 heavy (non-hydrogen) atoms. The van der Waals surface area contributed by atoms with Gasteiger partial charge in [-0.15, -0.1) is 0 Å². The Morgan fingerprint density at radius 2 is 2.40 bits per heavy atom. The molecule has 0 N–H and O–H groups in total. The van der Waals surface area contributed by atoms with E-state index < -0.39 is 0 Å². The molecule has 0 saturated heterocycles. The predicted octanol–water partition coefficient (Wildman–Crippen LogP) is 3.09. The lowest BCUT2D eigenvalue weighted by atomic mass is 10.00. The molecule has 0 aromatic carbocycles. The number of rotatable bonds is 1. The SMILES string of the molecule is [C-]#[N+]c1cnc(C)c(C2=COCCC2)c1. The Hall–Kier alpha value is -1.82. The molecule has 2 rings (SSSR count). The minimum atomic E-state index is 0.585. The van der Waals surface area contributed by atoms with Crippen LogP contribution in [0.1, 0.15) is 24.1 Å². The van der Waals surface area contributed by atoms with E-state index in [1.165, 1.54) is 0 Å². The smallest absolute Gasteiger partial charge is 0.205 e. The summed E-state index contributed by atoms with van der Waals surface area (Å²) < 4.78 is 5.30. The molecule has 1 aromatic rings. The van der Waals surface area contributed by atoms with Crippen LogP contribution < -0.4 is 0 Å². The van der Waals surface area contributed by atoms with Crippen molar-refractivity contribution in [1.82, 2.24) is 4.98 Å². The summed E-state index contributed by atoms with van der Waals surface area (Å²) in [6.45, 7) is 9.71. The first kappa shape index (κ1) is 9.72. The average molecular weight is 200 g/mol. The first-order chi connectivity index (χ1) is 7.31. The number of aryl methyl sites for hydroxylation is 1. The molecule has 0 amide bonds. The molecular weight excluding hydrogens is 188 g/mol. The molecule has 0 radical (unpaired) electrons. The maximum atomic E-state index is 6.96. The third-order valence-electron chi connectivity index (χ3n) is 2.48. The highest BCUT2D eigenvalue weighted by Gasteiger charge is 2.10. The highest BCUT2D eigenvalue weighted by Crippen LogP contribution is 2.27. The van der Waals surface area contributed by atoms with E-state index in [0.717, 1.165) is 36.3 Å². The molecule has 3 nitrogen and oxygen atoms in total. The van der Waals surface area contributed by atoms with Crippen molar-refractivity contribution in [1.29, 1.82) is 0 Å². The van der Waals surface area contributed by atoms with Gasteiger partial charge in [-0.1, -0.05) is 0 Å². The number of hydrogen-bond donors (Lipinski definition) is 0. The molecule has 0 atom stereocenters. The molecule has 3 heteroatoms. The predicted molar refractivity (Wildman–Crippen MR) is 58.4 cm³/mol. The zero-order valence-corrected chi connectivity index (χ0v) is 8.66. The van der Waals surface area contributed by atoms with Crippen molar-refractivity contribution in [2.45, 2.75) is 19.8 Å². The van der Waals surface area contributed by atoms with Crippen molar-refractivity contribution in [2.75, 3.05) is 6.61 Å². The standard InChI is InChI=1S/C12H12N2O/c1-9-12(6-11(13-2)7-14-9)10-4-3-5-15-8-10/h6-8H,3-5H2,1H3. The van der Waals surface area contributed by atoms with E-state index in [2.05, 4.69) is 9.83 Å². The van der Waals surface area contributed by atoms with Crippen LogP contribution in [-0.4, -0.2) is 11.6 Å². The largest absolute Gasteiger partial charge is 0.501 e. The summed E-state index contributed by atoms with van der Waals surface area (Å²) in [4.78, 5) is 7.60. The van der Waals surface area contributed by atoms with Gasteiger partial charge in [-0.2, -0.15) is 0 Å². The van der Waals surface area contributed by atoms with E-state index in [-0.39, 0.29) is 0 Å². The van der Waals surface area contributed by atoms with Crippen molar-refractivity contribution in [3.8, 4) is 0 Å². The molecule has 0 spiro atoms. The molecule has 1 aliphatic heterocycles. The summed E-state index contributed by atoms with van der Waals surface area (Å²) >= 11 is 0. The van der Waals surface area contributed by atoms with Gasteiger partial charge in [0.05, 0.1) is 19.4 Å². The fourth-order valence-corrected chi connectivity index (χ4v) is 1.67. The molecule has 0 saturated carbocycles. The van der Waals surface area contributed by atoms with E-state index in [1.54, 1.807) is 12.5 Å². The number of aromatic nitrogens is 1. The van der Waals surface area contributed by atoms with Gasteiger partial charge in [-0.3, -0.25) is 4.98 Å². The number of hydrogen-bond acceptors (Lipinski definition) is 2. The van der Waals surface area contributed by atoms with Crippen LogP contribution in [-0.2, 0) is 4.74 Å². The summed E-state index contributed by atoms with van der Waals surface area (Å²) in [6, 6.07) is 1.88. The van der Waals surface area contributed by atoms with Crippen LogP contribution in [0.3, 0.4) is 0 Å².